The fourth-order valence-corrected chi connectivity index (χ4v) is 2.56. The number of hydrogen-bond acceptors (Lipinski definition) is 4. The highest BCUT2D eigenvalue weighted by Crippen LogP contribution is 2.23. The number of rotatable bonds is 6. The molecule has 0 radical (unpaired) electrons. The molecule has 0 aliphatic heterocycles. The number of thioether (sulfide) groups is 1. The van der Waals surface area contributed by atoms with Gasteiger partial charge in [-0.15, -0.1) is 11.8 Å². The maximum atomic E-state index is 13.0. The Bertz CT molecular complexity index is 423. The number of carbonyl (C=O) groups is 1. The van der Waals surface area contributed by atoms with Crippen molar-refractivity contribution < 1.29 is 13.9 Å². The summed E-state index contributed by atoms with van der Waals surface area (Å²) in [4.78, 5) is 12.4. The van der Waals surface area contributed by atoms with Crippen molar-refractivity contribution in [1.82, 2.24) is 5.32 Å². The molecular formula is C13H16FNO2S. The van der Waals surface area contributed by atoms with Crippen molar-refractivity contribution in [1.29, 1.82) is 0 Å². The molecule has 98 valence electrons. The normalized spacial score (nSPS) is 16.3. The number of ether oxygens (including phenoxy) is 1. The highest BCUT2D eigenvalue weighted by Gasteiger charge is 2.28. The molecule has 1 saturated carbocycles. The van der Waals surface area contributed by atoms with E-state index in [-0.39, 0.29) is 17.8 Å². The first kappa shape index (κ1) is 13.4. The second-order valence-corrected chi connectivity index (χ2v) is 5.38. The van der Waals surface area contributed by atoms with Crippen LogP contribution in [-0.4, -0.2) is 30.9 Å². The molecule has 0 amide bonds. The monoisotopic (exact) mass is 269 g/mol. The highest BCUT2D eigenvalue weighted by atomic mass is 32.2. The van der Waals surface area contributed by atoms with Crippen molar-refractivity contribution in [3.63, 3.8) is 0 Å². The van der Waals surface area contributed by atoms with Gasteiger partial charge in [-0.2, -0.15) is 0 Å². The number of halogens is 1. The first-order valence-electron chi connectivity index (χ1n) is 5.91. The molecule has 1 aliphatic rings. The third-order valence-corrected chi connectivity index (χ3v) is 3.80. The molecule has 0 saturated heterocycles. The van der Waals surface area contributed by atoms with Crippen molar-refractivity contribution in [2.45, 2.75) is 29.8 Å². The molecule has 3 nitrogen and oxygen atoms in total. The van der Waals surface area contributed by atoms with Gasteiger partial charge in [0.1, 0.15) is 11.9 Å². The van der Waals surface area contributed by atoms with Crippen LogP contribution in [0.4, 0.5) is 4.39 Å². The molecule has 0 spiro atoms. The minimum Gasteiger partial charge on any atom is -0.468 e. The second kappa shape index (κ2) is 6.20. The summed E-state index contributed by atoms with van der Waals surface area (Å²) in [5.74, 6) is 0.0303. The van der Waals surface area contributed by atoms with Gasteiger partial charge in [-0.05, 0) is 31.0 Å². The summed E-state index contributed by atoms with van der Waals surface area (Å²) in [6, 6.07) is 6.48. The number of carbonyl (C=O) groups excluding carboxylic acids is 1. The summed E-state index contributed by atoms with van der Waals surface area (Å²) < 4.78 is 17.8. The average molecular weight is 269 g/mol. The van der Waals surface area contributed by atoms with E-state index < -0.39 is 0 Å². The van der Waals surface area contributed by atoms with Crippen molar-refractivity contribution in [3.05, 3.63) is 30.1 Å². The third kappa shape index (κ3) is 3.99. The van der Waals surface area contributed by atoms with Crippen LogP contribution in [0.5, 0.6) is 0 Å². The molecule has 1 unspecified atom stereocenters. The van der Waals surface area contributed by atoms with E-state index in [1.165, 1.54) is 31.0 Å². The van der Waals surface area contributed by atoms with Gasteiger partial charge in [-0.25, -0.2) is 4.39 Å². The average Bonchev–Trinajstić information content (AvgIpc) is 3.17. The van der Waals surface area contributed by atoms with E-state index in [1.807, 2.05) is 6.07 Å². The van der Waals surface area contributed by atoms with Crippen molar-refractivity contribution in [2.24, 2.45) is 0 Å². The molecule has 1 fully saturated rings. The lowest BCUT2D eigenvalue weighted by molar-refractivity contribution is -0.142. The zero-order valence-corrected chi connectivity index (χ0v) is 11.0. The molecule has 2 rings (SSSR count). The first-order chi connectivity index (χ1) is 8.69. The van der Waals surface area contributed by atoms with Crippen LogP contribution in [0.25, 0.3) is 0 Å². The topological polar surface area (TPSA) is 38.3 Å². The summed E-state index contributed by atoms with van der Waals surface area (Å²) >= 11 is 1.45. The Morgan fingerprint density at radius 3 is 3.00 bits per heavy atom. The number of nitrogens with one attached hydrogen (secondary N) is 1. The first-order valence-corrected chi connectivity index (χ1v) is 6.90. The third-order valence-electron chi connectivity index (χ3n) is 2.71. The summed E-state index contributed by atoms with van der Waals surface area (Å²) in [6.07, 6.45) is 2.22. The van der Waals surface area contributed by atoms with E-state index in [4.69, 9.17) is 4.74 Å². The molecular weight excluding hydrogens is 253 g/mol. The van der Waals surface area contributed by atoms with E-state index in [0.717, 1.165) is 17.7 Å². The second-order valence-electron chi connectivity index (χ2n) is 4.29. The van der Waals surface area contributed by atoms with E-state index in [2.05, 4.69) is 5.32 Å². The molecule has 0 aromatic heterocycles. The Morgan fingerprint density at radius 2 is 2.39 bits per heavy atom. The van der Waals surface area contributed by atoms with Gasteiger partial charge in [-0.1, -0.05) is 6.07 Å². The van der Waals surface area contributed by atoms with E-state index in [0.29, 0.717) is 11.8 Å². The van der Waals surface area contributed by atoms with E-state index >= 15 is 0 Å². The fraction of sp³-hybridized carbons (Fsp3) is 0.462. The summed E-state index contributed by atoms with van der Waals surface area (Å²) in [7, 11) is 1.39. The number of hydrogen-bond donors (Lipinski definition) is 1. The zero-order chi connectivity index (χ0) is 13.0. The molecule has 18 heavy (non-hydrogen) atoms. The van der Waals surface area contributed by atoms with Crippen LogP contribution in [-0.2, 0) is 9.53 Å². The summed E-state index contributed by atoms with van der Waals surface area (Å²) in [5, 5.41) is 3.24. The van der Waals surface area contributed by atoms with Gasteiger partial charge in [0.2, 0.25) is 0 Å². The van der Waals surface area contributed by atoms with Crippen LogP contribution in [0.1, 0.15) is 12.8 Å². The lowest BCUT2D eigenvalue weighted by atomic mass is 10.3. The predicted molar refractivity (Wildman–Crippen MR) is 69.1 cm³/mol. The van der Waals surface area contributed by atoms with Crippen LogP contribution < -0.4 is 5.32 Å². The minimum absolute atomic E-state index is 0.259. The molecule has 1 aromatic carbocycles. The van der Waals surface area contributed by atoms with Crippen molar-refractivity contribution in [2.75, 3.05) is 12.9 Å². The van der Waals surface area contributed by atoms with Gasteiger partial charge in [0, 0.05) is 16.7 Å². The number of methoxy groups -OCH3 is 1. The number of benzene rings is 1. The Labute approximate surface area is 110 Å². The van der Waals surface area contributed by atoms with Crippen LogP contribution in [0.2, 0.25) is 0 Å². The van der Waals surface area contributed by atoms with E-state index in [1.54, 1.807) is 6.07 Å². The van der Waals surface area contributed by atoms with Crippen LogP contribution in [0.15, 0.2) is 29.2 Å². The summed E-state index contributed by atoms with van der Waals surface area (Å²) in [5.41, 5.74) is 0. The molecule has 0 bridgehead atoms. The molecule has 1 aliphatic carbocycles. The van der Waals surface area contributed by atoms with Gasteiger partial charge < -0.3 is 10.1 Å². The SMILES string of the molecule is COC(=O)C(CSc1cccc(F)c1)NC1CC1. The Morgan fingerprint density at radius 1 is 1.61 bits per heavy atom. The van der Waals surface area contributed by atoms with Crippen molar-refractivity contribution >= 4 is 17.7 Å². The van der Waals surface area contributed by atoms with Gasteiger partial charge in [0.05, 0.1) is 7.11 Å². The lowest BCUT2D eigenvalue weighted by Crippen LogP contribution is -2.40. The van der Waals surface area contributed by atoms with Gasteiger partial charge in [0.15, 0.2) is 0 Å². The highest BCUT2D eigenvalue weighted by molar-refractivity contribution is 7.99. The maximum absolute atomic E-state index is 13.0. The van der Waals surface area contributed by atoms with Gasteiger partial charge in [0.25, 0.3) is 0 Å². The lowest BCUT2D eigenvalue weighted by Gasteiger charge is -2.15. The smallest absolute Gasteiger partial charge is 0.323 e. The minimum atomic E-state index is -0.323. The molecule has 1 N–H and O–H groups in total. The Hall–Kier alpha value is -1.07. The Kier molecular flexibility index (Phi) is 4.60. The molecule has 1 aromatic rings. The molecule has 0 heterocycles. The Balaban J connectivity index is 1.89. The van der Waals surface area contributed by atoms with Crippen molar-refractivity contribution in [3.8, 4) is 0 Å². The van der Waals surface area contributed by atoms with Gasteiger partial charge in [-0.3, -0.25) is 4.79 Å². The van der Waals surface area contributed by atoms with Crippen LogP contribution >= 0.6 is 11.8 Å². The summed E-state index contributed by atoms with van der Waals surface area (Å²) in [6.45, 7) is 0. The number of esters is 1. The molecule has 5 heteroatoms. The predicted octanol–water partition coefficient (Wildman–Crippen LogP) is 2.21. The standard InChI is InChI=1S/C13H16FNO2S/c1-17-13(16)12(15-10-5-6-10)8-18-11-4-2-3-9(14)7-11/h2-4,7,10,12,15H,5-6,8H2,1H3. The van der Waals surface area contributed by atoms with Crippen LogP contribution in [0.3, 0.4) is 0 Å². The largest absolute Gasteiger partial charge is 0.468 e. The zero-order valence-electron chi connectivity index (χ0n) is 10.2. The van der Waals surface area contributed by atoms with Crippen LogP contribution in [0, 0.1) is 5.82 Å². The quantitative estimate of drug-likeness (QED) is 0.635. The maximum Gasteiger partial charge on any atom is 0.323 e. The van der Waals surface area contributed by atoms with Gasteiger partial charge >= 0.3 is 5.97 Å². The molecule has 1 atom stereocenters. The van der Waals surface area contributed by atoms with E-state index in [9.17, 15) is 9.18 Å². The fourth-order valence-electron chi connectivity index (χ4n) is 1.60.